The summed E-state index contributed by atoms with van der Waals surface area (Å²) < 4.78 is 0. The number of rotatable bonds is 6. The summed E-state index contributed by atoms with van der Waals surface area (Å²) in [5.74, 6) is -0.224. The third-order valence-corrected chi connectivity index (χ3v) is 2.72. The second-order valence-corrected chi connectivity index (χ2v) is 4.75. The molecule has 0 spiro atoms. The Kier molecular flexibility index (Phi) is 5.45. The Morgan fingerprint density at radius 3 is 2.65 bits per heavy atom. The van der Waals surface area contributed by atoms with E-state index >= 15 is 0 Å². The summed E-state index contributed by atoms with van der Waals surface area (Å²) in [7, 11) is 3.23. The number of nitrogens with zero attached hydrogens (tertiary/aromatic N) is 2. The van der Waals surface area contributed by atoms with Gasteiger partial charge in [0.25, 0.3) is 11.6 Å². The molecule has 0 radical (unpaired) electrons. The maximum atomic E-state index is 11.8. The minimum absolute atomic E-state index is 0.0918. The van der Waals surface area contributed by atoms with Gasteiger partial charge in [-0.3, -0.25) is 14.9 Å². The zero-order valence-corrected chi connectivity index (χ0v) is 11.8. The van der Waals surface area contributed by atoms with Crippen LogP contribution in [0.1, 0.15) is 23.7 Å². The van der Waals surface area contributed by atoms with Gasteiger partial charge in [-0.25, -0.2) is 0 Å². The number of benzene rings is 1. The molecule has 0 aromatic heterocycles. The maximum Gasteiger partial charge on any atom is 0.292 e. The molecule has 1 amide bonds. The quantitative estimate of drug-likeness (QED) is 0.608. The van der Waals surface area contributed by atoms with Crippen LogP contribution in [0.5, 0.6) is 0 Å². The third-order valence-electron chi connectivity index (χ3n) is 2.72. The summed E-state index contributed by atoms with van der Waals surface area (Å²) in [5, 5.41) is 23.0. The molecule has 110 valence electrons. The standard InChI is InChI=1S/C13H19N3O4/c1-9(17)6-7-14-11-8-10(13(18)15(2)3)4-5-12(11)16(19)20/h4-5,8-9,14,17H,6-7H2,1-3H3. The van der Waals surface area contributed by atoms with Gasteiger partial charge in [-0.1, -0.05) is 0 Å². The van der Waals surface area contributed by atoms with Crippen molar-refractivity contribution in [3.63, 3.8) is 0 Å². The molecule has 2 N–H and O–H groups in total. The molecule has 1 rings (SSSR count). The first-order valence-corrected chi connectivity index (χ1v) is 6.25. The predicted octanol–water partition coefficient (Wildman–Crippen LogP) is 1.48. The van der Waals surface area contributed by atoms with E-state index in [1.54, 1.807) is 21.0 Å². The number of carbonyl (C=O) groups excluding carboxylic acids is 1. The van der Waals surface area contributed by atoms with Crippen molar-refractivity contribution in [3.8, 4) is 0 Å². The summed E-state index contributed by atoms with van der Waals surface area (Å²) in [4.78, 5) is 23.7. The van der Waals surface area contributed by atoms with Crippen molar-refractivity contribution in [1.29, 1.82) is 0 Å². The second-order valence-electron chi connectivity index (χ2n) is 4.75. The number of amides is 1. The fourth-order valence-electron chi connectivity index (χ4n) is 1.64. The first-order chi connectivity index (χ1) is 9.32. The summed E-state index contributed by atoms with van der Waals surface area (Å²) in [6.45, 7) is 2.03. The van der Waals surface area contributed by atoms with E-state index in [1.807, 2.05) is 0 Å². The van der Waals surface area contributed by atoms with Crippen LogP contribution < -0.4 is 5.32 Å². The summed E-state index contributed by atoms with van der Waals surface area (Å²) in [5.41, 5.74) is 0.564. The van der Waals surface area contributed by atoms with E-state index in [2.05, 4.69) is 5.32 Å². The molecule has 0 saturated heterocycles. The minimum atomic E-state index is -0.505. The third kappa shape index (κ3) is 4.20. The van der Waals surface area contributed by atoms with Crippen LogP contribution in [0.3, 0.4) is 0 Å². The fourth-order valence-corrected chi connectivity index (χ4v) is 1.64. The second kappa shape index (κ2) is 6.85. The molecule has 1 aromatic rings. The number of nitrogens with one attached hydrogen (secondary N) is 1. The van der Waals surface area contributed by atoms with E-state index in [9.17, 15) is 20.0 Å². The Morgan fingerprint density at radius 1 is 1.50 bits per heavy atom. The molecule has 0 heterocycles. The summed E-state index contributed by atoms with van der Waals surface area (Å²) >= 11 is 0. The molecule has 7 nitrogen and oxygen atoms in total. The average Bonchev–Trinajstić information content (AvgIpc) is 2.36. The van der Waals surface area contributed by atoms with Crippen LogP contribution in [0.15, 0.2) is 18.2 Å². The van der Waals surface area contributed by atoms with Gasteiger partial charge in [0, 0.05) is 32.3 Å². The molecule has 20 heavy (non-hydrogen) atoms. The van der Waals surface area contributed by atoms with E-state index in [1.165, 1.54) is 23.1 Å². The molecular formula is C13H19N3O4. The van der Waals surface area contributed by atoms with Crippen molar-refractivity contribution in [1.82, 2.24) is 4.90 Å². The lowest BCUT2D eigenvalue weighted by Crippen LogP contribution is -2.22. The number of hydrogen-bond donors (Lipinski definition) is 2. The van der Waals surface area contributed by atoms with Gasteiger partial charge in [0.05, 0.1) is 11.0 Å². The molecule has 0 bridgehead atoms. The van der Waals surface area contributed by atoms with Gasteiger partial charge in [0.1, 0.15) is 5.69 Å². The van der Waals surface area contributed by atoms with Gasteiger partial charge >= 0.3 is 0 Å². The number of nitro benzene ring substituents is 1. The van der Waals surface area contributed by atoms with Crippen molar-refractivity contribution < 1.29 is 14.8 Å². The fraction of sp³-hybridized carbons (Fsp3) is 0.462. The number of aliphatic hydroxyl groups excluding tert-OH is 1. The lowest BCUT2D eigenvalue weighted by Gasteiger charge is -2.13. The van der Waals surface area contributed by atoms with Gasteiger partial charge in [0.15, 0.2) is 0 Å². The monoisotopic (exact) mass is 281 g/mol. The van der Waals surface area contributed by atoms with Crippen LogP contribution in [0, 0.1) is 10.1 Å². The SMILES string of the molecule is CC(O)CCNc1cc(C(=O)N(C)C)ccc1[N+](=O)[O-]. The molecule has 1 atom stereocenters. The number of carbonyl (C=O) groups is 1. The van der Waals surface area contributed by atoms with Gasteiger partial charge in [-0.2, -0.15) is 0 Å². The van der Waals surface area contributed by atoms with E-state index in [0.717, 1.165) is 0 Å². The highest BCUT2D eigenvalue weighted by atomic mass is 16.6. The number of nitro groups is 1. The summed E-state index contributed by atoms with van der Waals surface area (Å²) in [6, 6.07) is 4.20. The van der Waals surface area contributed by atoms with Crippen molar-refractivity contribution in [2.45, 2.75) is 19.4 Å². The van der Waals surface area contributed by atoms with Crippen LogP contribution in [0.4, 0.5) is 11.4 Å². The number of aliphatic hydroxyl groups is 1. The zero-order valence-electron chi connectivity index (χ0n) is 11.8. The van der Waals surface area contributed by atoms with Crippen LogP contribution in [0.25, 0.3) is 0 Å². The average molecular weight is 281 g/mol. The molecule has 0 aliphatic rings. The first-order valence-electron chi connectivity index (χ1n) is 6.25. The van der Waals surface area contributed by atoms with Gasteiger partial charge < -0.3 is 15.3 Å². The van der Waals surface area contributed by atoms with Gasteiger partial charge in [0.2, 0.25) is 0 Å². The minimum Gasteiger partial charge on any atom is -0.393 e. The normalized spacial score (nSPS) is 11.8. The highest BCUT2D eigenvalue weighted by Crippen LogP contribution is 2.26. The van der Waals surface area contributed by atoms with Crippen LogP contribution in [-0.4, -0.2) is 47.6 Å². The Morgan fingerprint density at radius 2 is 2.15 bits per heavy atom. The number of anilines is 1. The largest absolute Gasteiger partial charge is 0.393 e. The van der Waals surface area contributed by atoms with Crippen molar-refractivity contribution >= 4 is 17.3 Å². The van der Waals surface area contributed by atoms with E-state index < -0.39 is 11.0 Å². The highest BCUT2D eigenvalue weighted by molar-refractivity contribution is 5.95. The van der Waals surface area contributed by atoms with Crippen molar-refractivity contribution in [3.05, 3.63) is 33.9 Å². The van der Waals surface area contributed by atoms with Crippen molar-refractivity contribution in [2.75, 3.05) is 26.0 Å². The first kappa shape index (κ1) is 15.9. The number of hydrogen-bond acceptors (Lipinski definition) is 5. The Bertz CT molecular complexity index is 500. The summed E-state index contributed by atoms with van der Waals surface area (Å²) in [6.07, 6.45) is -0.0311. The molecule has 0 aliphatic carbocycles. The topological polar surface area (TPSA) is 95.7 Å². The Labute approximate surface area is 117 Å². The molecule has 0 fully saturated rings. The molecule has 0 aliphatic heterocycles. The molecular weight excluding hydrogens is 262 g/mol. The van der Waals surface area contributed by atoms with Crippen LogP contribution >= 0.6 is 0 Å². The molecule has 7 heteroatoms. The van der Waals surface area contributed by atoms with Crippen LogP contribution in [-0.2, 0) is 0 Å². The lowest BCUT2D eigenvalue weighted by molar-refractivity contribution is -0.384. The van der Waals surface area contributed by atoms with Crippen LogP contribution in [0.2, 0.25) is 0 Å². The molecule has 1 aromatic carbocycles. The van der Waals surface area contributed by atoms with Crippen molar-refractivity contribution in [2.24, 2.45) is 0 Å². The van der Waals surface area contributed by atoms with E-state index in [0.29, 0.717) is 18.5 Å². The van der Waals surface area contributed by atoms with Gasteiger partial charge in [-0.15, -0.1) is 0 Å². The lowest BCUT2D eigenvalue weighted by atomic mass is 10.1. The van der Waals surface area contributed by atoms with E-state index in [4.69, 9.17) is 0 Å². The highest BCUT2D eigenvalue weighted by Gasteiger charge is 2.17. The Balaban J connectivity index is 3.00. The predicted molar refractivity (Wildman–Crippen MR) is 75.9 cm³/mol. The zero-order chi connectivity index (χ0) is 15.3. The molecule has 1 unspecified atom stereocenters. The Hall–Kier alpha value is -2.15. The smallest absolute Gasteiger partial charge is 0.292 e. The van der Waals surface area contributed by atoms with E-state index in [-0.39, 0.29) is 17.3 Å². The maximum absolute atomic E-state index is 11.8. The van der Waals surface area contributed by atoms with Gasteiger partial charge in [-0.05, 0) is 25.5 Å². The molecule has 0 saturated carbocycles.